The van der Waals surface area contributed by atoms with Crippen LogP contribution in [0, 0.1) is 0 Å². The van der Waals surface area contributed by atoms with Crippen LogP contribution in [0.3, 0.4) is 0 Å². The van der Waals surface area contributed by atoms with E-state index in [2.05, 4.69) is 0 Å². The minimum atomic E-state index is -4.81. The number of rotatable bonds is 10. The Labute approximate surface area is 270 Å². The molecule has 0 aliphatic carbocycles. The van der Waals surface area contributed by atoms with E-state index in [1.807, 2.05) is 41.5 Å². The second kappa shape index (κ2) is 13.7. The van der Waals surface area contributed by atoms with Gasteiger partial charge < -0.3 is 9.11 Å². The molecule has 1 aromatic carbocycles. The maximum atomic E-state index is 12.2. The van der Waals surface area contributed by atoms with Crippen LogP contribution in [-0.4, -0.2) is 42.1 Å². The van der Waals surface area contributed by atoms with Gasteiger partial charge in [-0.2, -0.15) is 0 Å². The Hall–Kier alpha value is 2.75. The van der Waals surface area contributed by atoms with Crippen LogP contribution in [0.1, 0.15) is 41.5 Å². The molecular formula is C18H32K2O6S2Si2. The smallest absolute Gasteiger partial charge is 0.744 e. The third-order valence-electron chi connectivity index (χ3n) is 6.82. The summed E-state index contributed by atoms with van der Waals surface area (Å²) in [5.74, 6) is 0. The van der Waals surface area contributed by atoms with Crippen molar-refractivity contribution in [3.05, 3.63) is 12.1 Å². The van der Waals surface area contributed by atoms with Crippen molar-refractivity contribution in [2.75, 3.05) is 0 Å². The van der Waals surface area contributed by atoms with Gasteiger partial charge in [0.1, 0.15) is 20.2 Å². The summed E-state index contributed by atoms with van der Waals surface area (Å²) in [6.07, 6.45) is 0. The SMILES string of the molecule is CC[Si](CC)(CC)c1cc(S(=O)(=O)[O-])c([Si](CC)(CC)CC)cc1S(=O)(=O)[O-].[K+].[K+]. The molecule has 162 valence electrons. The second-order valence-corrected chi connectivity index (χ2v) is 20.6. The molecule has 30 heavy (non-hydrogen) atoms. The molecular weight excluding hydrogens is 511 g/mol. The summed E-state index contributed by atoms with van der Waals surface area (Å²) in [5.41, 5.74) is 0. The summed E-state index contributed by atoms with van der Waals surface area (Å²) in [6.45, 7) is 11.6. The zero-order valence-corrected chi connectivity index (χ0v) is 29.5. The van der Waals surface area contributed by atoms with Gasteiger partial charge in [-0.05, 0) is 22.5 Å². The van der Waals surface area contributed by atoms with Gasteiger partial charge in [-0.1, -0.05) is 77.8 Å². The molecule has 0 amide bonds. The van der Waals surface area contributed by atoms with Gasteiger partial charge in [0.2, 0.25) is 0 Å². The number of benzene rings is 1. The van der Waals surface area contributed by atoms with Gasteiger partial charge >= 0.3 is 103 Å². The van der Waals surface area contributed by atoms with Gasteiger partial charge in [-0.25, -0.2) is 16.8 Å². The third-order valence-corrected chi connectivity index (χ3v) is 20.2. The van der Waals surface area contributed by atoms with E-state index in [1.54, 1.807) is 0 Å². The fraction of sp³-hybridized carbons (Fsp3) is 0.667. The topological polar surface area (TPSA) is 114 Å². The molecule has 6 nitrogen and oxygen atoms in total. The average Bonchev–Trinajstić information content (AvgIpc) is 2.64. The molecule has 0 aliphatic rings. The second-order valence-electron chi connectivity index (χ2n) is 7.43. The van der Waals surface area contributed by atoms with Crippen LogP contribution in [0.2, 0.25) is 36.3 Å². The van der Waals surface area contributed by atoms with Gasteiger partial charge in [0, 0.05) is 0 Å². The normalized spacial score (nSPS) is 12.8. The van der Waals surface area contributed by atoms with Crippen molar-refractivity contribution >= 4 is 46.8 Å². The van der Waals surface area contributed by atoms with Crippen LogP contribution in [0.15, 0.2) is 21.9 Å². The van der Waals surface area contributed by atoms with E-state index in [0.29, 0.717) is 46.6 Å². The van der Waals surface area contributed by atoms with E-state index < -0.39 is 36.4 Å². The molecule has 0 aromatic heterocycles. The molecule has 1 rings (SSSR count). The largest absolute Gasteiger partial charge is 1.00 e. The standard InChI is InChI=1S/C18H34O6S2Si2.2K/c1-7-27(8-2,9-3)17-13-16(26(22,23)24)18(14-15(17)25(19,20)21)28(10-4,11-5)12-6;;/h13-14H,7-12H2,1-6H3,(H,19,20,21)(H,22,23,24);;/q;2*+1/p-2. The van der Waals surface area contributed by atoms with Crippen LogP contribution >= 0.6 is 0 Å². The van der Waals surface area contributed by atoms with Crippen LogP contribution < -0.4 is 113 Å². The first-order chi connectivity index (χ1) is 12.8. The van der Waals surface area contributed by atoms with Crippen LogP contribution in [0.5, 0.6) is 0 Å². The van der Waals surface area contributed by atoms with Crippen molar-refractivity contribution in [2.24, 2.45) is 0 Å². The molecule has 0 fully saturated rings. The summed E-state index contributed by atoms with van der Waals surface area (Å²) < 4.78 is 73.2. The van der Waals surface area contributed by atoms with E-state index in [9.17, 15) is 25.9 Å². The predicted molar refractivity (Wildman–Crippen MR) is 116 cm³/mol. The molecule has 1 aromatic rings. The Bertz CT molecular complexity index is 821. The van der Waals surface area contributed by atoms with Gasteiger partial charge in [-0.3, -0.25) is 0 Å². The molecule has 0 spiro atoms. The van der Waals surface area contributed by atoms with Gasteiger partial charge in [0.25, 0.3) is 0 Å². The molecule has 12 heteroatoms. The predicted octanol–water partition coefficient (Wildman–Crippen LogP) is -3.07. The van der Waals surface area contributed by atoms with Gasteiger partial charge in [0.05, 0.1) is 25.9 Å². The third kappa shape index (κ3) is 7.37. The van der Waals surface area contributed by atoms with E-state index >= 15 is 0 Å². The number of hydrogen-bond acceptors (Lipinski definition) is 6. The summed E-state index contributed by atoms with van der Waals surface area (Å²) >= 11 is 0. The van der Waals surface area contributed by atoms with Crippen molar-refractivity contribution in [1.82, 2.24) is 0 Å². The zero-order valence-electron chi connectivity index (χ0n) is 19.7. The van der Waals surface area contributed by atoms with Crippen molar-refractivity contribution in [3.8, 4) is 0 Å². The Morgan fingerprint density at radius 3 is 0.933 bits per heavy atom. The Balaban J connectivity index is 0. The molecule has 0 radical (unpaired) electrons. The minimum absolute atomic E-state index is 0. The van der Waals surface area contributed by atoms with Gasteiger partial charge in [-0.15, -0.1) is 0 Å². The molecule has 0 aliphatic heterocycles. The first kappa shape index (κ1) is 34.9. The maximum Gasteiger partial charge on any atom is 1.00 e. The Morgan fingerprint density at radius 1 is 0.600 bits per heavy atom. The zero-order chi connectivity index (χ0) is 22.0. The summed E-state index contributed by atoms with van der Waals surface area (Å²) in [7, 11) is -14.5. The minimum Gasteiger partial charge on any atom is -0.744 e. The molecule has 0 saturated heterocycles. The molecule has 0 unspecified atom stereocenters. The van der Waals surface area contributed by atoms with Crippen molar-refractivity contribution < 1.29 is 129 Å². The molecule has 0 N–H and O–H groups in total. The van der Waals surface area contributed by atoms with Crippen LogP contribution in [0.25, 0.3) is 0 Å². The molecule has 0 heterocycles. The maximum absolute atomic E-state index is 12.2. The summed E-state index contributed by atoms with van der Waals surface area (Å²) in [5, 5.41) is 0.610. The van der Waals surface area contributed by atoms with E-state index in [4.69, 9.17) is 0 Å². The monoisotopic (exact) mass is 542 g/mol. The van der Waals surface area contributed by atoms with Crippen molar-refractivity contribution in [2.45, 2.75) is 87.6 Å². The molecule has 0 saturated carbocycles. The molecule has 0 bridgehead atoms. The Kier molecular flexibility index (Phi) is 16.0. The Morgan fingerprint density at radius 2 is 0.800 bits per heavy atom. The van der Waals surface area contributed by atoms with E-state index in [-0.39, 0.29) is 113 Å². The molecule has 0 atom stereocenters. The summed E-state index contributed by atoms with van der Waals surface area (Å²) in [6, 6.07) is 6.53. The van der Waals surface area contributed by atoms with Crippen molar-refractivity contribution in [3.63, 3.8) is 0 Å². The number of hydrogen-bond donors (Lipinski definition) is 0. The van der Waals surface area contributed by atoms with Crippen LogP contribution in [0.4, 0.5) is 0 Å². The van der Waals surface area contributed by atoms with Crippen molar-refractivity contribution in [1.29, 1.82) is 0 Å². The quantitative estimate of drug-likeness (QED) is 0.229. The van der Waals surface area contributed by atoms with E-state index in [0.717, 1.165) is 0 Å². The first-order valence-corrected chi connectivity index (χ1v) is 18.0. The fourth-order valence-corrected chi connectivity index (χ4v) is 15.3. The van der Waals surface area contributed by atoms with Gasteiger partial charge in [0.15, 0.2) is 0 Å². The van der Waals surface area contributed by atoms with E-state index in [1.165, 1.54) is 12.1 Å². The summed E-state index contributed by atoms with van der Waals surface area (Å²) in [4.78, 5) is -0.612. The first-order valence-electron chi connectivity index (χ1n) is 9.93. The fourth-order valence-electron chi connectivity index (χ4n) is 4.45. The van der Waals surface area contributed by atoms with Crippen LogP contribution in [-0.2, 0) is 20.2 Å². The average molecular weight is 543 g/mol.